The van der Waals surface area contributed by atoms with Crippen molar-refractivity contribution in [3.05, 3.63) is 59.7 Å². The van der Waals surface area contributed by atoms with Gasteiger partial charge in [-0.2, -0.15) is 0 Å². The van der Waals surface area contributed by atoms with Gasteiger partial charge in [0.15, 0.2) is 0 Å². The molecule has 0 spiro atoms. The van der Waals surface area contributed by atoms with E-state index in [9.17, 15) is 4.79 Å². The van der Waals surface area contributed by atoms with Crippen LogP contribution < -0.4 is 20.5 Å². The highest BCUT2D eigenvalue weighted by atomic mass is 35.5. The van der Waals surface area contributed by atoms with Crippen molar-refractivity contribution in [2.45, 2.75) is 12.5 Å². The molecule has 2 aromatic rings. The lowest BCUT2D eigenvalue weighted by atomic mass is 9.98. The van der Waals surface area contributed by atoms with Gasteiger partial charge in [0.2, 0.25) is 5.91 Å². The summed E-state index contributed by atoms with van der Waals surface area (Å²) in [6.45, 7) is 0.605. The van der Waals surface area contributed by atoms with Crippen molar-refractivity contribution in [1.29, 1.82) is 0 Å². The number of hydrogen-bond acceptors (Lipinski definition) is 4. The second-order valence-electron chi connectivity index (χ2n) is 5.09. The fourth-order valence-corrected chi connectivity index (χ4v) is 2.41. The molecule has 24 heavy (non-hydrogen) atoms. The van der Waals surface area contributed by atoms with Crippen molar-refractivity contribution < 1.29 is 14.3 Å². The smallest absolute Gasteiger partial charge is 0.229 e. The molecule has 0 heterocycles. The number of rotatable bonds is 7. The molecule has 0 aliphatic heterocycles. The molecule has 0 bridgehead atoms. The summed E-state index contributed by atoms with van der Waals surface area (Å²) in [4.78, 5) is 12.4. The summed E-state index contributed by atoms with van der Waals surface area (Å²) in [5.74, 6) is 0.944. The average molecular weight is 351 g/mol. The van der Waals surface area contributed by atoms with Crippen molar-refractivity contribution in [3.63, 3.8) is 0 Å². The number of carbonyl (C=O) groups excluding carboxylic acids is 1. The molecule has 0 saturated heterocycles. The van der Waals surface area contributed by atoms with Crippen LogP contribution in [0.25, 0.3) is 0 Å². The largest absolute Gasteiger partial charge is 0.497 e. The normalized spacial score (nSPS) is 11.1. The Morgan fingerprint density at radius 3 is 2.42 bits per heavy atom. The Hall–Kier alpha value is -2.24. The van der Waals surface area contributed by atoms with Crippen LogP contribution in [0.3, 0.4) is 0 Å². The number of amides is 1. The van der Waals surface area contributed by atoms with Crippen molar-refractivity contribution in [1.82, 2.24) is 5.32 Å². The number of carbonyl (C=O) groups is 1. The van der Waals surface area contributed by atoms with E-state index in [1.165, 1.54) is 0 Å². The van der Waals surface area contributed by atoms with Gasteiger partial charge in [-0.05, 0) is 23.8 Å². The minimum atomic E-state index is -0.368. The molecule has 1 unspecified atom stereocenters. The van der Waals surface area contributed by atoms with Crippen LogP contribution in [0.4, 0.5) is 0 Å². The van der Waals surface area contributed by atoms with Gasteiger partial charge in [-0.15, -0.1) is 12.4 Å². The molecule has 2 rings (SSSR count). The highest BCUT2D eigenvalue weighted by Crippen LogP contribution is 2.24. The second kappa shape index (κ2) is 9.80. The number of methoxy groups -OCH3 is 2. The van der Waals surface area contributed by atoms with Crippen molar-refractivity contribution >= 4 is 18.3 Å². The third-order valence-electron chi connectivity index (χ3n) is 3.69. The van der Waals surface area contributed by atoms with Crippen LogP contribution in [0.2, 0.25) is 0 Å². The molecule has 6 heteroatoms. The summed E-state index contributed by atoms with van der Waals surface area (Å²) in [6, 6.07) is 15.0. The molecule has 0 fully saturated rings. The van der Waals surface area contributed by atoms with E-state index in [0.29, 0.717) is 18.0 Å². The quantitative estimate of drug-likeness (QED) is 0.804. The molecule has 0 aliphatic carbocycles. The third-order valence-corrected chi connectivity index (χ3v) is 3.69. The molecule has 0 radical (unpaired) electrons. The number of nitrogens with one attached hydrogen (secondary N) is 1. The number of nitrogens with two attached hydrogens (primary N) is 1. The average Bonchev–Trinajstić information content (AvgIpc) is 2.61. The van der Waals surface area contributed by atoms with E-state index in [1.807, 2.05) is 48.5 Å². The van der Waals surface area contributed by atoms with E-state index < -0.39 is 0 Å². The molecule has 2 aromatic carbocycles. The van der Waals surface area contributed by atoms with Crippen LogP contribution in [0, 0.1) is 0 Å². The molecule has 0 aromatic heterocycles. The molecule has 3 N–H and O–H groups in total. The Kier molecular flexibility index (Phi) is 8.09. The van der Waals surface area contributed by atoms with Gasteiger partial charge in [0.1, 0.15) is 11.5 Å². The highest BCUT2D eigenvalue weighted by Gasteiger charge is 2.19. The van der Waals surface area contributed by atoms with Gasteiger partial charge in [0, 0.05) is 18.7 Å². The van der Waals surface area contributed by atoms with Gasteiger partial charge in [-0.1, -0.05) is 30.3 Å². The summed E-state index contributed by atoms with van der Waals surface area (Å²) in [7, 11) is 3.20. The summed E-state index contributed by atoms with van der Waals surface area (Å²) in [6.07, 6.45) is 0. The van der Waals surface area contributed by atoms with E-state index in [-0.39, 0.29) is 30.8 Å². The fraction of sp³-hybridized carbons (Fsp3) is 0.278. The molecule has 130 valence electrons. The maximum Gasteiger partial charge on any atom is 0.229 e. The predicted molar refractivity (Wildman–Crippen MR) is 96.9 cm³/mol. The Morgan fingerprint density at radius 1 is 1.12 bits per heavy atom. The van der Waals surface area contributed by atoms with Gasteiger partial charge < -0.3 is 20.5 Å². The zero-order valence-corrected chi connectivity index (χ0v) is 14.6. The molecular weight excluding hydrogens is 328 g/mol. The Bertz CT molecular complexity index is 650. The van der Waals surface area contributed by atoms with E-state index in [2.05, 4.69) is 5.32 Å². The summed E-state index contributed by atoms with van der Waals surface area (Å²) in [5, 5.41) is 2.92. The van der Waals surface area contributed by atoms with Crippen LogP contribution in [-0.4, -0.2) is 26.7 Å². The predicted octanol–water partition coefficient (Wildman–Crippen LogP) is 2.48. The van der Waals surface area contributed by atoms with Crippen molar-refractivity contribution in [2.75, 3.05) is 20.8 Å². The number of halogens is 1. The van der Waals surface area contributed by atoms with Crippen LogP contribution in [0.15, 0.2) is 48.5 Å². The Labute approximate surface area is 148 Å². The summed E-state index contributed by atoms with van der Waals surface area (Å²) < 4.78 is 10.5. The molecular formula is C18H23ClN2O3. The van der Waals surface area contributed by atoms with E-state index in [1.54, 1.807) is 14.2 Å². The van der Waals surface area contributed by atoms with Crippen LogP contribution in [-0.2, 0) is 11.3 Å². The lowest BCUT2D eigenvalue weighted by Crippen LogP contribution is -2.33. The second-order valence-corrected chi connectivity index (χ2v) is 5.09. The standard InChI is InChI=1S/C18H22N2O3.ClH/c1-22-15-8-9-17(23-2)14(10-15)12-20-18(21)16(11-19)13-6-4-3-5-7-13;/h3-10,16H,11-12,19H2,1-2H3,(H,20,21);1H. The number of ether oxygens (including phenoxy) is 2. The van der Waals surface area contributed by atoms with Crippen LogP contribution in [0.1, 0.15) is 17.0 Å². The third kappa shape index (κ3) is 4.88. The van der Waals surface area contributed by atoms with Crippen molar-refractivity contribution in [2.24, 2.45) is 5.73 Å². The first-order valence-electron chi connectivity index (χ1n) is 7.43. The Morgan fingerprint density at radius 2 is 1.83 bits per heavy atom. The summed E-state index contributed by atoms with van der Waals surface area (Å²) >= 11 is 0. The lowest BCUT2D eigenvalue weighted by Gasteiger charge is -2.16. The molecule has 5 nitrogen and oxygen atoms in total. The molecule has 0 saturated carbocycles. The number of hydrogen-bond donors (Lipinski definition) is 2. The molecule has 1 atom stereocenters. The van der Waals surface area contributed by atoms with Crippen LogP contribution in [0.5, 0.6) is 11.5 Å². The van der Waals surface area contributed by atoms with E-state index in [4.69, 9.17) is 15.2 Å². The minimum absolute atomic E-state index is 0. The Balaban J connectivity index is 0.00000288. The minimum Gasteiger partial charge on any atom is -0.497 e. The van der Waals surface area contributed by atoms with Gasteiger partial charge in [-0.3, -0.25) is 4.79 Å². The van der Waals surface area contributed by atoms with E-state index >= 15 is 0 Å². The van der Waals surface area contributed by atoms with Crippen molar-refractivity contribution in [3.8, 4) is 11.5 Å². The van der Waals surface area contributed by atoms with Crippen LogP contribution >= 0.6 is 12.4 Å². The maximum atomic E-state index is 12.4. The van der Waals surface area contributed by atoms with Gasteiger partial charge in [-0.25, -0.2) is 0 Å². The van der Waals surface area contributed by atoms with Gasteiger partial charge in [0.05, 0.1) is 20.1 Å². The molecule has 0 aliphatic rings. The maximum absolute atomic E-state index is 12.4. The first-order valence-corrected chi connectivity index (χ1v) is 7.43. The highest BCUT2D eigenvalue weighted by molar-refractivity contribution is 5.85. The monoisotopic (exact) mass is 350 g/mol. The molecule has 1 amide bonds. The summed E-state index contributed by atoms with van der Waals surface area (Å²) in [5.41, 5.74) is 7.53. The van der Waals surface area contributed by atoms with Gasteiger partial charge >= 0.3 is 0 Å². The first-order chi connectivity index (χ1) is 11.2. The first kappa shape index (κ1) is 19.8. The fourth-order valence-electron chi connectivity index (χ4n) is 2.41. The zero-order valence-electron chi connectivity index (χ0n) is 13.8. The lowest BCUT2D eigenvalue weighted by molar-refractivity contribution is -0.122. The van der Waals surface area contributed by atoms with Gasteiger partial charge in [0.25, 0.3) is 0 Å². The SMILES string of the molecule is COc1ccc(OC)c(CNC(=O)C(CN)c2ccccc2)c1.Cl. The number of benzene rings is 2. The van der Waals surface area contributed by atoms with E-state index in [0.717, 1.165) is 11.1 Å². The topological polar surface area (TPSA) is 73.6 Å². The zero-order chi connectivity index (χ0) is 16.7.